The van der Waals surface area contributed by atoms with E-state index in [1.165, 1.54) is 12.4 Å². The molecule has 2 aromatic rings. The van der Waals surface area contributed by atoms with Crippen LogP contribution in [0.4, 0.5) is 13.2 Å². The van der Waals surface area contributed by atoms with E-state index in [1.54, 1.807) is 0 Å². The van der Waals surface area contributed by atoms with Gasteiger partial charge in [-0.2, -0.15) is 0 Å². The normalized spacial score (nSPS) is 10.6. The summed E-state index contributed by atoms with van der Waals surface area (Å²) in [5.74, 6) is -4.22. The van der Waals surface area contributed by atoms with Gasteiger partial charge in [-0.15, -0.1) is 0 Å². The zero-order valence-electron chi connectivity index (χ0n) is 7.30. The van der Waals surface area contributed by atoms with Crippen molar-refractivity contribution in [3.8, 4) is 5.69 Å². The Balaban J connectivity index is 2.66. The second kappa shape index (κ2) is 3.30. The van der Waals surface area contributed by atoms with Gasteiger partial charge in [0.1, 0.15) is 0 Å². The molecule has 0 spiro atoms. The summed E-state index contributed by atoms with van der Waals surface area (Å²) < 4.78 is 39.2. The molecule has 1 aromatic heterocycles. The third-order valence-corrected chi connectivity index (χ3v) is 1.90. The lowest BCUT2D eigenvalue weighted by molar-refractivity contribution is 0.446. The Morgan fingerprint density at radius 3 is 2.20 bits per heavy atom. The summed E-state index contributed by atoms with van der Waals surface area (Å²) in [5, 5.41) is 0. The summed E-state index contributed by atoms with van der Waals surface area (Å²) in [4.78, 5) is 13.4. The summed E-state index contributed by atoms with van der Waals surface area (Å²) in [6.07, 6.45) is 2.59. The fourth-order valence-electron chi connectivity index (χ4n) is 1.20. The van der Waals surface area contributed by atoms with E-state index in [4.69, 9.17) is 0 Å². The number of H-pyrrole nitrogens is 1. The van der Waals surface area contributed by atoms with Gasteiger partial charge in [0.2, 0.25) is 0 Å². The van der Waals surface area contributed by atoms with Crippen LogP contribution in [0, 0.1) is 17.5 Å². The molecule has 0 saturated heterocycles. The number of nitrogens with zero attached hydrogens (tertiary/aromatic N) is 1. The molecule has 1 N–H and O–H groups in total. The molecule has 0 atom stereocenters. The highest BCUT2D eigenvalue weighted by molar-refractivity contribution is 5.33. The van der Waals surface area contributed by atoms with Crippen molar-refractivity contribution in [2.24, 2.45) is 0 Å². The van der Waals surface area contributed by atoms with Crippen LogP contribution in [-0.2, 0) is 0 Å². The highest BCUT2D eigenvalue weighted by atomic mass is 19.2. The van der Waals surface area contributed by atoms with Crippen LogP contribution >= 0.6 is 0 Å². The topological polar surface area (TPSA) is 37.8 Å². The fourth-order valence-corrected chi connectivity index (χ4v) is 1.20. The molecule has 1 aromatic carbocycles. The van der Waals surface area contributed by atoms with Gasteiger partial charge in [0.05, 0.1) is 5.69 Å². The molecule has 78 valence electrons. The Labute approximate surface area is 81.8 Å². The molecule has 2 rings (SSSR count). The first-order valence-corrected chi connectivity index (χ1v) is 4.00. The predicted octanol–water partition coefficient (Wildman–Crippen LogP) is 1.58. The minimum atomic E-state index is -1.55. The molecular weight excluding hydrogens is 209 g/mol. The predicted molar refractivity (Wildman–Crippen MR) is 46.3 cm³/mol. The summed E-state index contributed by atoms with van der Waals surface area (Å²) in [6, 6.07) is 1.49. The average molecular weight is 214 g/mol. The average Bonchev–Trinajstić information content (AvgIpc) is 2.60. The summed E-state index contributed by atoms with van der Waals surface area (Å²) in [6.45, 7) is 0. The fraction of sp³-hybridized carbons (Fsp3) is 0. The van der Waals surface area contributed by atoms with Crippen LogP contribution in [0.2, 0.25) is 0 Å². The number of nitrogens with one attached hydrogen (secondary N) is 1. The Bertz CT molecular complexity index is 535. The summed E-state index contributed by atoms with van der Waals surface area (Å²) >= 11 is 0. The first-order valence-electron chi connectivity index (χ1n) is 4.00. The lowest BCUT2D eigenvalue weighted by Gasteiger charge is -2.02. The number of halogens is 3. The number of rotatable bonds is 1. The molecule has 0 aliphatic rings. The third-order valence-electron chi connectivity index (χ3n) is 1.90. The molecule has 6 heteroatoms. The second-order valence-electron chi connectivity index (χ2n) is 2.86. The number of imidazole rings is 1. The minimum absolute atomic E-state index is 0.0716. The Morgan fingerprint density at radius 1 is 1.13 bits per heavy atom. The molecular formula is C9H5F3N2O. The van der Waals surface area contributed by atoms with Gasteiger partial charge < -0.3 is 4.98 Å². The van der Waals surface area contributed by atoms with Crippen molar-refractivity contribution >= 4 is 0 Å². The molecule has 1 heterocycles. The standard InChI is InChI=1S/C9H5F3N2O/c10-6-3-5(4-7(11)8(6)12)14-2-1-13-9(14)15/h1-4H,(H,13,15). The first kappa shape index (κ1) is 9.57. The molecule has 0 bridgehead atoms. The summed E-state index contributed by atoms with van der Waals surface area (Å²) in [7, 11) is 0. The molecule has 0 amide bonds. The smallest absolute Gasteiger partial charge is 0.312 e. The monoisotopic (exact) mass is 214 g/mol. The van der Waals surface area contributed by atoms with Gasteiger partial charge in [0.25, 0.3) is 0 Å². The van der Waals surface area contributed by atoms with Gasteiger partial charge >= 0.3 is 5.69 Å². The van der Waals surface area contributed by atoms with E-state index in [-0.39, 0.29) is 5.69 Å². The van der Waals surface area contributed by atoms with Crippen molar-refractivity contribution in [1.82, 2.24) is 9.55 Å². The molecule has 0 fully saturated rings. The van der Waals surface area contributed by atoms with Crippen LogP contribution in [-0.4, -0.2) is 9.55 Å². The van der Waals surface area contributed by atoms with Crippen LogP contribution in [0.3, 0.4) is 0 Å². The second-order valence-corrected chi connectivity index (χ2v) is 2.86. The Morgan fingerprint density at radius 2 is 1.73 bits per heavy atom. The largest absolute Gasteiger partial charge is 0.330 e. The van der Waals surface area contributed by atoms with E-state index >= 15 is 0 Å². The van der Waals surface area contributed by atoms with Crippen molar-refractivity contribution in [3.63, 3.8) is 0 Å². The van der Waals surface area contributed by atoms with Gasteiger partial charge in [-0.3, -0.25) is 4.57 Å². The number of hydrogen-bond donors (Lipinski definition) is 1. The van der Waals surface area contributed by atoms with E-state index in [0.29, 0.717) is 0 Å². The van der Waals surface area contributed by atoms with Gasteiger partial charge in [-0.25, -0.2) is 18.0 Å². The minimum Gasteiger partial charge on any atom is -0.312 e. The van der Waals surface area contributed by atoms with Crippen LogP contribution in [0.5, 0.6) is 0 Å². The number of aromatic nitrogens is 2. The van der Waals surface area contributed by atoms with Gasteiger partial charge in [0, 0.05) is 24.5 Å². The molecule has 0 unspecified atom stereocenters. The Hall–Kier alpha value is -1.98. The lowest BCUT2D eigenvalue weighted by atomic mass is 10.3. The zero-order chi connectivity index (χ0) is 11.0. The van der Waals surface area contributed by atoms with E-state index in [0.717, 1.165) is 16.7 Å². The molecule has 15 heavy (non-hydrogen) atoms. The van der Waals surface area contributed by atoms with Crippen molar-refractivity contribution in [2.75, 3.05) is 0 Å². The SMILES string of the molecule is O=c1[nH]ccn1-c1cc(F)c(F)c(F)c1. The first-order chi connectivity index (χ1) is 7.09. The maximum atomic E-state index is 12.8. The van der Waals surface area contributed by atoms with E-state index in [2.05, 4.69) is 4.98 Å². The lowest BCUT2D eigenvalue weighted by Crippen LogP contribution is -2.14. The number of benzene rings is 1. The highest BCUT2D eigenvalue weighted by Crippen LogP contribution is 2.15. The van der Waals surface area contributed by atoms with Crippen LogP contribution in [0.15, 0.2) is 29.3 Å². The van der Waals surface area contributed by atoms with Crippen molar-refractivity contribution in [2.45, 2.75) is 0 Å². The summed E-state index contributed by atoms with van der Waals surface area (Å²) in [5.41, 5.74) is -0.627. The van der Waals surface area contributed by atoms with Crippen LogP contribution < -0.4 is 5.69 Å². The Kier molecular flexibility index (Phi) is 2.11. The van der Waals surface area contributed by atoms with Gasteiger partial charge in [0.15, 0.2) is 17.5 Å². The van der Waals surface area contributed by atoms with Gasteiger partial charge in [-0.05, 0) is 0 Å². The zero-order valence-corrected chi connectivity index (χ0v) is 7.30. The van der Waals surface area contributed by atoms with Crippen molar-refractivity contribution < 1.29 is 13.2 Å². The molecule has 3 nitrogen and oxygen atoms in total. The number of hydrogen-bond acceptors (Lipinski definition) is 1. The highest BCUT2D eigenvalue weighted by Gasteiger charge is 2.12. The maximum absolute atomic E-state index is 12.8. The maximum Gasteiger partial charge on any atom is 0.330 e. The molecule has 0 saturated carbocycles. The molecule has 0 aliphatic heterocycles. The molecule has 0 radical (unpaired) electrons. The molecule has 0 aliphatic carbocycles. The van der Waals surface area contributed by atoms with E-state index in [9.17, 15) is 18.0 Å². The van der Waals surface area contributed by atoms with E-state index < -0.39 is 23.1 Å². The quantitative estimate of drug-likeness (QED) is 0.719. The van der Waals surface area contributed by atoms with Crippen LogP contribution in [0.1, 0.15) is 0 Å². The van der Waals surface area contributed by atoms with Crippen molar-refractivity contribution in [1.29, 1.82) is 0 Å². The van der Waals surface area contributed by atoms with Crippen LogP contribution in [0.25, 0.3) is 5.69 Å². The van der Waals surface area contributed by atoms with E-state index in [1.807, 2.05) is 0 Å². The number of aromatic amines is 1. The van der Waals surface area contributed by atoms with Gasteiger partial charge in [-0.1, -0.05) is 0 Å². The van der Waals surface area contributed by atoms with Crippen molar-refractivity contribution in [3.05, 3.63) is 52.5 Å². The third kappa shape index (κ3) is 1.54.